The zero-order chi connectivity index (χ0) is 13.7. The third-order valence-corrected chi connectivity index (χ3v) is 4.40. The summed E-state index contributed by atoms with van der Waals surface area (Å²) in [5, 5.41) is 3.49. The van der Waals surface area contributed by atoms with Gasteiger partial charge in [0.1, 0.15) is 0 Å². The highest BCUT2D eigenvalue weighted by atomic mass is 14.9. The Bertz CT molecular complexity index is 383. The van der Waals surface area contributed by atoms with E-state index in [1.807, 2.05) is 0 Å². The Hall–Kier alpha value is -0.820. The van der Waals surface area contributed by atoms with Crippen LogP contribution in [0.15, 0.2) is 24.3 Å². The minimum Gasteiger partial charge on any atom is -0.317 e. The zero-order valence-electron chi connectivity index (χ0n) is 12.8. The molecule has 0 amide bonds. The van der Waals surface area contributed by atoms with Gasteiger partial charge in [-0.15, -0.1) is 0 Å². The highest BCUT2D eigenvalue weighted by Gasteiger charge is 2.20. The van der Waals surface area contributed by atoms with Gasteiger partial charge in [-0.2, -0.15) is 0 Å². The van der Waals surface area contributed by atoms with Gasteiger partial charge in [0.25, 0.3) is 0 Å². The molecule has 2 unspecified atom stereocenters. The lowest BCUT2D eigenvalue weighted by Crippen LogP contribution is -2.25. The molecule has 1 aliphatic rings. The summed E-state index contributed by atoms with van der Waals surface area (Å²) in [7, 11) is 2.11. The van der Waals surface area contributed by atoms with E-state index in [-0.39, 0.29) is 0 Å². The van der Waals surface area contributed by atoms with Gasteiger partial charge >= 0.3 is 0 Å². The average Bonchev–Trinajstić information content (AvgIpc) is 2.63. The Morgan fingerprint density at radius 3 is 2.74 bits per heavy atom. The summed E-state index contributed by atoms with van der Waals surface area (Å²) >= 11 is 0. The Morgan fingerprint density at radius 2 is 2.00 bits per heavy atom. The number of benzene rings is 1. The molecule has 1 saturated carbocycles. The van der Waals surface area contributed by atoms with Gasteiger partial charge in [-0.05, 0) is 55.7 Å². The fraction of sp³-hybridized carbons (Fsp3) is 0.667. The molecular weight excluding hydrogens is 230 g/mol. The van der Waals surface area contributed by atoms with Crippen molar-refractivity contribution >= 4 is 0 Å². The molecule has 19 heavy (non-hydrogen) atoms. The average molecular weight is 259 g/mol. The number of hydrogen-bond donors (Lipinski definition) is 1. The van der Waals surface area contributed by atoms with Gasteiger partial charge in [-0.3, -0.25) is 0 Å². The summed E-state index contributed by atoms with van der Waals surface area (Å²) in [5.41, 5.74) is 3.08. The molecular formula is C18H29N. The predicted octanol–water partition coefficient (Wildman–Crippen LogP) is 4.52. The Kier molecular flexibility index (Phi) is 5.45. The van der Waals surface area contributed by atoms with Crippen molar-refractivity contribution in [1.29, 1.82) is 0 Å². The summed E-state index contributed by atoms with van der Waals surface area (Å²) in [5.74, 6) is 1.50. The molecule has 2 atom stereocenters. The Morgan fingerprint density at radius 1 is 1.21 bits per heavy atom. The predicted molar refractivity (Wildman–Crippen MR) is 83.7 cm³/mol. The quantitative estimate of drug-likeness (QED) is 0.784. The highest BCUT2D eigenvalue weighted by molar-refractivity contribution is 5.27. The maximum Gasteiger partial charge on any atom is 0.00698 e. The van der Waals surface area contributed by atoms with E-state index in [0.717, 1.165) is 11.8 Å². The van der Waals surface area contributed by atoms with Crippen LogP contribution in [0.25, 0.3) is 0 Å². The van der Waals surface area contributed by atoms with Crippen LogP contribution in [-0.2, 0) is 6.42 Å². The van der Waals surface area contributed by atoms with E-state index in [9.17, 15) is 0 Å². The molecule has 0 bridgehead atoms. The van der Waals surface area contributed by atoms with Crippen LogP contribution < -0.4 is 5.32 Å². The molecule has 106 valence electrons. The lowest BCUT2D eigenvalue weighted by Gasteiger charge is -2.20. The molecule has 0 aliphatic heterocycles. The van der Waals surface area contributed by atoms with E-state index >= 15 is 0 Å². The fourth-order valence-corrected chi connectivity index (χ4v) is 3.37. The van der Waals surface area contributed by atoms with Crippen molar-refractivity contribution in [3.8, 4) is 0 Å². The molecule has 2 rings (SSSR count). The van der Waals surface area contributed by atoms with Gasteiger partial charge in [0.2, 0.25) is 0 Å². The molecule has 1 nitrogen and oxygen atoms in total. The molecule has 1 aromatic rings. The van der Waals surface area contributed by atoms with Crippen LogP contribution in [0, 0.1) is 5.92 Å². The van der Waals surface area contributed by atoms with Crippen molar-refractivity contribution in [3.05, 3.63) is 35.4 Å². The molecule has 1 aliphatic carbocycles. The van der Waals surface area contributed by atoms with E-state index in [1.165, 1.54) is 44.1 Å². The maximum absolute atomic E-state index is 3.49. The third-order valence-electron chi connectivity index (χ3n) is 4.40. The van der Waals surface area contributed by atoms with Crippen LogP contribution in [-0.4, -0.2) is 13.1 Å². The van der Waals surface area contributed by atoms with Crippen LogP contribution in [0.4, 0.5) is 0 Å². The number of rotatable bonds is 4. The first kappa shape index (κ1) is 14.6. The van der Waals surface area contributed by atoms with Crippen molar-refractivity contribution in [2.45, 2.75) is 64.3 Å². The van der Waals surface area contributed by atoms with E-state index in [2.05, 4.69) is 50.5 Å². The van der Waals surface area contributed by atoms with Gasteiger partial charge in [0.05, 0.1) is 0 Å². The van der Waals surface area contributed by atoms with Crippen LogP contribution in [0.2, 0.25) is 0 Å². The first-order valence-corrected chi connectivity index (χ1v) is 7.95. The first-order chi connectivity index (χ1) is 9.19. The molecule has 0 heterocycles. The third kappa shape index (κ3) is 4.35. The van der Waals surface area contributed by atoms with E-state index in [1.54, 1.807) is 5.56 Å². The van der Waals surface area contributed by atoms with Gasteiger partial charge < -0.3 is 5.32 Å². The van der Waals surface area contributed by atoms with E-state index < -0.39 is 0 Å². The number of nitrogens with one attached hydrogen (secondary N) is 1. The topological polar surface area (TPSA) is 12.0 Å². The zero-order valence-corrected chi connectivity index (χ0v) is 12.8. The normalized spacial score (nSPS) is 24.4. The van der Waals surface area contributed by atoms with Crippen LogP contribution >= 0.6 is 0 Å². The molecule has 0 spiro atoms. The van der Waals surface area contributed by atoms with Crippen LogP contribution in [0.1, 0.15) is 63.0 Å². The van der Waals surface area contributed by atoms with Crippen LogP contribution in [0.3, 0.4) is 0 Å². The molecule has 1 fully saturated rings. The second-order valence-electron chi connectivity index (χ2n) is 6.55. The Labute approximate surface area is 118 Å². The summed E-state index contributed by atoms with van der Waals surface area (Å²) in [6.45, 7) is 4.60. The molecule has 1 N–H and O–H groups in total. The van der Waals surface area contributed by atoms with Crippen molar-refractivity contribution in [2.75, 3.05) is 7.05 Å². The Balaban J connectivity index is 2.10. The standard InChI is InChI=1S/C18H29N/c1-14(2)11-15-7-6-9-16(12-15)17-8-4-5-10-18(13-17)19-3/h6-7,9,12,14,17-19H,4-5,8,10-11,13H2,1-3H3. The largest absolute Gasteiger partial charge is 0.317 e. The SMILES string of the molecule is CNC1CCCCC(c2cccc(CC(C)C)c2)C1. The number of hydrogen-bond acceptors (Lipinski definition) is 1. The van der Waals surface area contributed by atoms with E-state index in [4.69, 9.17) is 0 Å². The molecule has 1 heteroatoms. The smallest absolute Gasteiger partial charge is 0.00698 e. The van der Waals surface area contributed by atoms with Crippen molar-refractivity contribution < 1.29 is 0 Å². The maximum atomic E-state index is 3.49. The van der Waals surface area contributed by atoms with Crippen molar-refractivity contribution in [3.63, 3.8) is 0 Å². The van der Waals surface area contributed by atoms with Gasteiger partial charge in [-0.1, -0.05) is 51.0 Å². The summed E-state index contributed by atoms with van der Waals surface area (Å²) < 4.78 is 0. The highest BCUT2D eigenvalue weighted by Crippen LogP contribution is 2.32. The minimum atomic E-state index is 0.709. The van der Waals surface area contributed by atoms with Gasteiger partial charge in [0, 0.05) is 6.04 Å². The molecule has 0 radical (unpaired) electrons. The second kappa shape index (κ2) is 7.09. The van der Waals surface area contributed by atoms with Crippen LogP contribution in [0.5, 0.6) is 0 Å². The second-order valence-corrected chi connectivity index (χ2v) is 6.55. The lowest BCUT2D eigenvalue weighted by molar-refractivity contribution is 0.471. The molecule has 0 saturated heterocycles. The summed E-state index contributed by atoms with van der Waals surface area (Å²) in [6.07, 6.45) is 7.99. The van der Waals surface area contributed by atoms with Crippen molar-refractivity contribution in [1.82, 2.24) is 5.32 Å². The summed E-state index contributed by atoms with van der Waals surface area (Å²) in [6, 6.07) is 10.1. The first-order valence-electron chi connectivity index (χ1n) is 7.95. The lowest BCUT2D eigenvalue weighted by atomic mass is 9.88. The van der Waals surface area contributed by atoms with Gasteiger partial charge in [-0.25, -0.2) is 0 Å². The molecule has 0 aromatic heterocycles. The van der Waals surface area contributed by atoms with Gasteiger partial charge in [0.15, 0.2) is 0 Å². The van der Waals surface area contributed by atoms with E-state index in [0.29, 0.717) is 6.04 Å². The monoisotopic (exact) mass is 259 g/mol. The minimum absolute atomic E-state index is 0.709. The fourth-order valence-electron chi connectivity index (χ4n) is 3.37. The van der Waals surface area contributed by atoms with Crippen molar-refractivity contribution in [2.24, 2.45) is 5.92 Å². The molecule has 1 aromatic carbocycles. The summed E-state index contributed by atoms with van der Waals surface area (Å²) in [4.78, 5) is 0.